The van der Waals surface area contributed by atoms with Crippen LogP contribution in [0.4, 0.5) is 0 Å². The lowest BCUT2D eigenvalue weighted by atomic mass is 9.97. The number of thioether (sulfide) groups is 1. The summed E-state index contributed by atoms with van der Waals surface area (Å²) >= 11 is 1.04. The Bertz CT molecular complexity index is 622. The molecule has 0 spiro atoms. The summed E-state index contributed by atoms with van der Waals surface area (Å²) in [4.78, 5) is 4.08. The van der Waals surface area contributed by atoms with Crippen molar-refractivity contribution in [3.8, 4) is 11.1 Å². The van der Waals surface area contributed by atoms with Crippen LogP contribution in [0.3, 0.4) is 0 Å². The molecule has 1 unspecified atom stereocenters. The Morgan fingerprint density at radius 1 is 0.818 bits per heavy atom. The minimum atomic E-state index is -1.36. The molecule has 2 heterocycles. The summed E-state index contributed by atoms with van der Waals surface area (Å²) in [5.41, 5.74) is 1.64. The third kappa shape index (κ3) is 2.88. The van der Waals surface area contributed by atoms with Gasteiger partial charge in [0.15, 0.2) is 0 Å². The molecule has 5 nitrogen and oxygen atoms in total. The molecule has 1 saturated heterocycles. The van der Waals surface area contributed by atoms with Gasteiger partial charge in [0.2, 0.25) is 0 Å². The highest BCUT2D eigenvalue weighted by atomic mass is 32.2. The fourth-order valence-corrected chi connectivity index (χ4v) is 3.79. The monoisotopic (exact) mass is 319 g/mol. The van der Waals surface area contributed by atoms with Crippen LogP contribution in [0.25, 0.3) is 11.1 Å². The highest BCUT2D eigenvalue weighted by molar-refractivity contribution is 8.00. The molecule has 22 heavy (non-hydrogen) atoms. The zero-order chi connectivity index (χ0) is 15.7. The highest BCUT2D eigenvalue weighted by Gasteiger charge is 2.43. The first kappa shape index (κ1) is 15.5. The maximum Gasteiger partial charge on any atom is 0.128 e. The summed E-state index contributed by atoms with van der Waals surface area (Å²) < 4.78 is 0. The SMILES string of the molecule is O[C@@H]1[C@@H](O)[C@H](O)C(c2ccc(-c3cccnc3)cc2)S[C@H]1O. The van der Waals surface area contributed by atoms with Crippen molar-refractivity contribution in [3.63, 3.8) is 0 Å². The number of hydrogen-bond donors (Lipinski definition) is 4. The third-order valence-electron chi connectivity index (χ3n) is 3.82. The minimum absolute atomic E-state index is 0.489. The van der Waals surface area contributed by atoms with Crippen molar-refractivity contribution < 1.29 is 20.4 Å². The van der Waals surface area contributed by atoms with E-state index < -0.39 is 29.0 Å². The van der Waals surface area contributed by atoms with Crippen molar-refractivity contribution in [1.29, 1.82) is 0 Å². The number of aliphatic hydroxyl groups is 4. The van der Waals surface area contributed by atoms with E-state index in [2.05, 4.69) is 4.98 Å². The van der Waals surface area contributed by atoms with Gasteiger partial charge < -0.3 is 20.4 Å². The molecular formula is C16H17NO4S. The topological polar surface area (TPSA) is 93.8 Å². The lowest BCUT2D eigenvalue weighted by Crippen LogP contribution is -2.49. The lowest BCUT2D eigenvalue weighted by Gasteiger charge is -2.38. The van der Waals surface area contributed by atoms with Crippen molar-refractivity contribution in [2.75, 3.05) is 0 Å². The van der Waals surface area contributed by atoms with Crippen LogP contribution in [0.5, 0.6) is 0 Å². The molecule has 1 aromatic heterocycles. The van der Waals surface area contributed by atoms with Crippen LogP contribution in [0.2, 0.25) is 0 Å². The van der Waals surface area contributed by atoms with Crippen LogP contribution < -0.4 is 0 Å². The van der Waals surface area contributed by atoms with Crippen LogP contribution in [0.15, 0.2) is 48.8 Å². The Balaban J connectivity index is 1.84. The smallest absolute Gasteiger partial charge is 0.128 e. The first-order valence-electron chi connectivity index (χ1n) is 6.96. The Morgan fingerprint density at radius 3 is 2.18 bits per heavy atom. The van der Waals surface area contributed by atoms with Gasteiger partial charge in [0.25, 0.3) is 0 Å². The number of aliphatic hydroxyl groups excluding tert-OH is 4. The summed E-state index contributed by atoms with van der Waals surface area (Å²) in [5.74, 6) is 0. The van der Waals surface area contributed by atoms with Crippen LogP contribution in [-0.4, -0.2) is 49.2 Å². The van der Waals surface area contributed by atoms with Gasteiger partial charge in [0, 0.05) is 12.4 Å². The van der Waals surface area contributed by atoms with Crippen LogP contribution >= 0.6 is 11.8 Å². The maximum atomic E-state index is 10.1. The predicted molar refractivity (Wildman–Crippen MR) is 84.0 cm³/mol. The van der Waals surface area contributed by atoms with Gasteiger partial charge in [-0.05, 0) is 22.8 Å². The number of pyridine rings is 1. The largest absolute Gasteiger partial charge is 0.389 e. The fraction of sp³-hybridized carbons (Fsp3) is 0.312. The van der Waals surface area contributed by atoms with Gasteiger partial charge in [-0.1, -0.05) is 30.3 Å². The Hall–Kier alpha value is -1.44. The standard InChI is InChI=1S/C16H17NO4S/c18-12-13(19)15(22-16(21)14(12)20)10-5-3-9(4-6-10)11-2-1-7-17-8-11/h1-8,12-16,18-21H/t12-,13-,14+,15?,16+/m0/s1. The molecule has 0 amide bonds. The molecule has 0 bridgehead atoms. The molecular weight excluding hydrogens is 302 g/mol. The van der Waals surface area contributed by atoms with E-state index in [9.17, 15) is 20.4 Å². The van der Waals surface area contributed by atoms with Crippen molar-refractivity contribution in [2.24, 2.45) is 0 Å². The van der Waals surface area contributed by atoms with E-state index in [0.29, 0.717) is 0 Å². The zero-order valence-corrected chi connectivity index (χ0v) is 12.5. The number of nitrogens with zero attached hydrogens (tertiary/aromatic N) is 1. The summed E-state index contributed by atoms with van der Waals surface area (Å²) in [7, 11) is 0. The van der Waals surface area contributed by atoms with Gasteiger partial charge in [-0.25, -0.2) is 0 Å². The first-order valence-corrected chi connectivity index (χ1v) is 7.90. The molecule has 1 aliphatic rings. The van der Waals surface area contributed by atoms with Crippen LogP contribution in [0.1, 0.15) is 10.8 Å². The Kier molecular flexibility index (Phi) is 4.46. The molecule has 0 aliphatic carbocycles. The molecule has 0 radical (unpaired) electrons. The normalized spacial score (nSPS) is 31.9. The highest BCUT2D eigenvalue weighted by Crippen LogP contribution is 2.42. The Morgan fingerprint density at radius 2 is 1.55 bits per heavy atom. The van der Waals surface area contributed by atoms with Gasteiger partial charge in [-0.15, -0.1) is 11.8 Å². The molecule has 3 rings (SSSR count). The van der Waals surface area contributed by atoms with Gasteiger partial charge in [0.05, 0.1) is 11.4 Å². The van der Waals surface area contributed by atoms with Crippen molar-refractivity contribution in [1.82, 2.24) is 4.98 Å². The molecule has 1 aromatic carbocycles. The Labute approximate surface area is 132 Å². The number of rotatable bonds is 2. The van der Waals surface area contributed by atoms with Crippen molar-refractivity contribution in [2.45, 2.75) is 29.0 Å². The predicted octanol–water partition coefficient (Wildman–Crippen LogP) is 0.938. The third-order valence-corrected chi connectivity index (χ3v) is 5.22. The molecule has 2 aromatic rings. The van der Waals surface area contributed by atoms with E-state index in [1.165, 1.54) is 0 Å². The van der Waals surface area contributed by atoms with E-state index in [0.717, 1.165) is 28.5 Å². The molecule has 6 heteroatoms. The summed E-state index contributed by atoms with van der Waals surface area (Å²) in [5, 5.41) is 38.8. The molecule has 116 valence electrons. The average Bonchev–Trinajstić information content (AvgIpc) is 2.57. The van der Waals surface area contributed by atoms with Gasteiger partial charge >= 0.3 is 0 Å². The maximum absolute atomic E-state index is 10.1. The molecule has 0 saturated carbocycles. The molecule has 5 atom stereocenters. The molecule has 4 N–H and O–H groups in total. The van der Waals surface area contributed by atoms with Gasteiger partial charge in [-0.2, -0.15) is 0 Å². The van der Waals surface area contributed by atoms with Crippen molar-refractivity contribution >= 4 is 11.8 Å². The number of aromatic nitrogens is 1. The second-order valence-corrected chi connectivity index (χ2v) is 6.55. The van der Waals surface area contributed by atoms with Crippen molar-refractivity contribution in [3.05, 3.63) is 54.4 Å². The lowest BCUT2D eigenvalue weighted by molar-refractivity contribution is -0.0926. The van der Waals surface area contributed by atoms with Gasteiger partial charge in [-0.3, -0.25) is 4.98 Å². The van der Waals surface area contributed by atoms with Crippen LogP contribution in [0, 0.1) is 0 Å². The second kappa shape index (κ2) is 6.36. The molecule has 1 fully saturated rings. The number of benzene rings is 1. The van der Waals surface area contributed by atoms with E-state index >= 15 is 0 Å². The van der Waals surface area contributed by atoms with Gasteiger partial charge in [0.1, 0.15) is 17.6 Å². The van der Waals surface area contributed by atoms with E-state index in [4.69, 9.17) is 0 Å². The first-order chi connectivity index (χ1) is 10.6. The van der Waals surface area contributed by atoms with E-state index in [1.807, 2.05) is 36.4 Å². The van der Waals surface area contributed by atoms with E-state index in [1.54, 1.807) is 12.4 Å². The molecule has 1 aliphatic heterocycles. The quantitative estimate of drug-likeness (QED) is 0.658. The zero-order valence-electron chi connectivity index (χ0n) is 11.6. The van der Waals surface area contributed by atoms with E-state index in [-0.39, 0.29) is 0 Å². The average molecular weight is 319 g/mol. The number of hydrogen-bond acceptors (Lipinski definition) is 6. The van der Waals surface area contributed by atoms with Crippen LogP contribution in [-0.2, 0) is 0 Å². The summed E-state index contributed by atoms with van der Waals surface area (Å²) in [6, 6.07) is 11.3. The summed E-state index contributed by atoms with van der Waals surface area (Å²) in [6.07, 6.45) is -0.359. The second-order valence-electron chi connectivity index (χ2n) is 5.28. The minimum Gasteiger partial charge on any atom is -0.389 e. The summed E-state index contributed by atoms with van der Waals surface area (Å²) in [6.45, 7) is 0. The fourth-order valence-electron chi connectivity index (χ4n) is 2.54.